The SMILES string of the molecule is CCOC(=O)CC(=O)COCCC1CCC1. The molecule has 0 N–H and O–H groups in total. The van der Waals surface area contributed by atoms with Crippen molar-refractivity contribution in [3.8, 4) is 0 Å². The van der Waals surface area contributed by atoms with Gasteiger partial charge in [0.1, 0.15) is 13.0 Å². The van der Waals surface area contributed by atoms with Gasteiger partial charge in [-0.05, 0) is 19.3 Å². The summed E-state index contributed by atoms with van der Waals surface area (Å²) < 4.78 is 9.89. The second-order valence-corrected chi connectivity index (χ2v) is 4.16. The van der Waals surface area contributed by atoms with Crippen molar-refractivity contribution < 1.29 is 19.1 Å². The van der Waals surface area contributed by atoms with Gasteiger partial charge >= 0.3 is 5.97 Å². The highest BCUT2D eigenvalue weighted by Gasteiger charge is 2.17. The zero-order valence-electron chi connectivity index (χ0n) is 9.87. The highest BCUT2D eigenvalue weighted by molar-refractivity contribution is 5.96. The van der Waals surface area contributed by atoms with Crippen LogP contribution < -0.4 is 0 Å². The lowest BCUT2D eigenvalue weighted by atomic mass is 9.83. The van der Waals surface area contributed by atoms with Crippen LogP contribution in [0.15, 0.2) is 0 Å². The molecule has 0 saturated heterocycles. The fourth-order valence-electron chi connectivity index (χ4n) is 1.64. The van der Waals surface area contributed by atoms with E-state index in [1.807, 2.05) is 0 Å². The fraction of sp³-hybridized carbons (Fsp3) is 0.833. The third-order valence-electron chi connectivity index (χ3n) is 2.81. The Bertz CT molecular complexity index is 233. The summed E-state index contributed by atoms with van der Waals surface area (Å²) in [7, 11) is 0. The van der Waals surface area contributed by atoms with Gasteiger partial charge in [-0.1, -0.05) is 19.3 Å². The minimum atomic E-state index is -0.463. The number of Topliss-reactive ketones (excluding diaryl/α,β-unsaturated/α-hetero) is 1. The van der Waals surface area contributed by atoms with Crippen molar-refractivity contribution in [3.05, 3.63) is 0 Å². The first-order valence-corrected chi connectivity index (χ1v) is 5.97. The molecule has 16 heavy (non-hydrogen) atoms. The number of carbonyl (C=O) groups is 2. The van der Waals surface area contributed by atoms with E-state index in [1.54, 1.807) is 6.92 Å². The molecule has 0 aromatic heterocycles. The number of carbonyl (C=O) groups excluding carboxylic acids is 2. The van der Waals surface area contributed by atoms with Gasteiger partial charge in [-0.15, -0.1) is 0 Å². The molecule has 0 atom stereocenters. The van der Waals surface area contributed by atoms with E-state index in [-0.39, 0.29) is 18.8 Å². The van der Waals surface area contributed by atoms with E-state index in [1.165, 1.54) is 19.3 Å². The summed E-state index contributed by atoms with van der Waals surface area (Å²) in [5.74, 6) is 0.127. The first-order chi connectivity index (χ1) is 7.72. The van der Waals surface area contributed by atoms with Gasteiger partial charge in [-0.3, -0.25) is 9.59 Å². The van der Waals surface area contributed by atoms with Crippen LogP contribution in [-0.2, 0) is 19.1 Å². The molecule has 0 radical (unpaired) electrons. The monoisotopic (exact) mass is 228 g/mol. The number of ether oxygens (including phenoxy) is 2. The summed E-state index contributed by atoms with van der Waals surface area (Å²) in [6.07, 6.45) is 4.77. The van der Waals surface area contributed by atoms with Crippen molar-refractivity contribution in [2.45, 2.75) is 39.0 Å². The average Bonchev–Trinajstić information content (AvgIpc) is 2.14. The van der Waals surface area contributed by atoms with Crippen molar-refractivity contribution in [3.63, 3.8) is 0 Å². The van der Waals surface area contributed by atoms with Crippen LogP contribution in [0, 0.1) is 5.92 Å². The summed E-state index contributed by atoms with van der Waals surface area (Å²) in [5.41, 5.74) is 0. The average molecular weight is 228 g/mol. The fourth-order valence-corrected chi connectivity index (χ4v) is 1.64. The molecule has 0 aliphatic heterocycles. The Morgan fingerprint density at radius 3 is 2.62 bits per heavy atom. The van der Waals surface area contributed by atoms with E-state index < -0.39 is 5.97 Å². The van der Waals surface area contributed by atoms with Crippen LogP contribution in [0.25, 0.3) is 0 Å². The number of esters is 1. The number of hydrogen-bond donors (Lipinski definition) is 0. The third-order valence-corrected chi connectivity index (χ3v) is 2.81. The highest BCUT2D eigenvalue weighted by atomic mass is 16.5. The first kappa shape index (κ1) is 13.2. The van der Waals surface area contributed by atoms with Gasteiger partial charge in [-0.2, -0.15) is 0 Å². The maximum atomic E-state index is 11.2. The standard InChI is InChI=1S/C12H20O4/c1-2-16-12(14)8-11(13)9-15-7-6-10-4-3-5-10/h10H,2-9H2,1H3. The molecule has 4 nitrogen and oxygen atoms in total. The molecule has 1 aliphatic carbocycles. The molecule has 1 rings (SSSR count). The van der Waals surface area contributed by atoms with Crippen LogP contribution in [0.1, 0.15) is 39.0 Å². The molecule has 0 aromatic carbocycles. The van der Waals surface area contributed by atoms with Crippen LogP contribution in [0.2, 0.25) is 0 Å². The smallest absolute Gasteiger partial charge is 0.313 e. The van der Waals surface area contributed by atoms with Gasteiger partial charge in [0.15, 0.2) is 5.78 Å². The van der Waals surface area contributed by atoms with Crippen molar-refractivity contribution in [1.29, 1.82) is 0 Å². The second-order valence-electron chi connectivity index (χ2n) is 4.16. The molecule has 1 fully saturated rings. The van der Waals surface area contributed by atoms with Crippen LogP contribution >= 0.6 is 0 Å². The topological polar surface area (TPSA) is 52.6 Å². The number of ketones is 1. The Hall–Kier alpha value is -0.900. The third kappa shape index (κ3) is 5.26. The Balaban J connectivity index is 1.94. The first-order valence-electron chi connectivity index (χ1n) is 5.97. The van der Waals surface area contributed by atoms with Gasteiger partial charge in [0.05, 0.1) is 6.61 Å². The number of hydrogen-bond acceptors (Lipinski definition) is 4. The summed E-state index contributed by atoms with van der Waals surface area (Å²) in [5, 5.41) is 0. The van der Waals surface area contributed by atoms with Gasteiger partial charge in [-0.25, -0.2) is 0 Å². The second kappa shape index (κ2) is 7.39. The Morgan fingerprint density at radius 2 is 2.06 bits per heavy atom. The molecule has 0 heterocycles. The normalized spacial score (nSPS) is 15.6. The minimum Gasteiger partial charge on any atom is -0.466 e. The molecule has 0 bridgehead atoms. The quantitative estimate of drug-likeness (QED) is 0.360. The van der Waals surface area contributed by atoms with E-state index in [0.717, 1.165) is 12.3 Å². The van der Waals surface area contributed by atoms with Gasteiger partial charge < -0.3 is 9.47 Å². The Labute approximate surface area is 96.3 Å². The van der Waals surface area contributed by atoms with E-state index in [9.17, 15) is 9.59 Å². The summed E-state index contributed by atoms with van der Waals surface area (Å²) in [6, 6.07) is 0. The van der Waals surface area contributed by atoms with Crippen molar-refractivity contribution in [2.24, 2.45) is 5.92 Å². The Morgan fingerprint density at radius 1 is 1.31 bits per heavy atom. The molecule has 92 valence electrons. The van der Waals surface area contributed by atoms with E-state index in [4.69, 9.17) is 4.74 Å². The molecule has 0 aromatic rings. The maximum Gasteiger partial charge on any atom is 0.313 e. The lowest BCUT2D eigenvalue weighted by molar-refractivity contribution is -0.146. The van der Waals surface area contributed by atoms with E-state index in [2.05, 4.69) is 4.74 Å². The predicted molar refractivity (Wildman–Crippen MR) is 59.0 cm³/mol. The van der Waals surface area contributed by atoms with Crippen LogP contribution in [0.5, 0.6) is 0 Å². The Kier molecular flexibility index (Phi) is 6.08. The molecule has 1 saturated carbocycles. The predicted octanol–water partition coefficient (Wildman–Crippen LogP) is 1.72. The molecular formula is C12H20O4. The molecule has 4 heteroatoms. The van der Waals surface area contributed by atoms with Crippen LogP contribution in [-0.4, -0.2) is 31.6 Å². The van der Waals surface area contributed by atoms with Crippen LogP contribution in [0.3, 0.4) is 0 Å². The van der Waals surface area contributed by atoms with Gasteiger partial charge in [0.2, 0.25) is 0 Å². The van der Waals surface area contributed by atoms with Gasteiger partial charge in [0, 0.05) is 6.61 Å². The largest absolute Gasteiger partial charge is 0.466 e. The van der Waals surface area contributed by atoms with Gasteiger partial charge in [0.25, 0.3) is 0 Å². The van der Waals surface area contributed by atoms with Crippen molar-refractivity contribution in [1.82, 2.24) is 0 Å². The zero-order valence-corrected chi connectivity index (χ0v) is 9.87. The molecule has 0 spiro atoms. The molecular weight excluding hydrogens is 208 g/mol. The van der Waals surface area contributed by atoms with E-state index >= 15 is 0 Å². The lowest BCUT2D eigenvalue weighted by Gasteiger charge is -2.24. The summed E-state index contributed by atoms with van der Waals surface area (Å²) >= 11 is 0. The number of rotatable bonds is 8. The lowest BCUT2D eigenvalue weighted by Crippen LogP contribution is -2.18. The van der Waals surface area contributed by atoms with E-state index in [0.29, 0.717) is 13.2 Å². The summed E-state index contributed by atoms with van der Waals surface area (Å²) in [6.45, 7) is 2.69. The molecule has 1 aliphatic rings. The molecule has 0 amide bonds. The maximum absolute atomic E-state index is 11.2. The van der Waals surface area contributed by atoms with Crippen molar-refractivity contribution >= 4 is 11.8 Å². The highest BCUT2D eigenvalue weighted by Crippen LogP contribution is 2.28. The minimum absolute atomic E-state index is 0.0333. The van der Waals surface area contributed by atoms with Crippen LogP contribution in [0.4, 0.5) is 0 Å². The zero-order chi connectivity index (χ0) is 11.8. The van der Waals surface area contributed by atoms with Crippen molar-refractivity contribution in [2.75, 3.05) is 19.8 Å². The summed E-state index contributed by atoms with van der Waals surface area (Å²) in [4.78, 5) is 22.2. The molecule has 0 unspecified atom stereocenters.